The number of carbonyl (C=O) groups is 1. The molecule has 5 nitrogen and oxygen atoms in total. The zero-order valence-electron chi connectivity index (χ0n) is 17.8. The number of aryl methyl sites for hydroxylation is 1. The highest BCUT2D eigenvalue weighted by Crippen LogP contribution is 2.32. The van der Waals surface area contributed by atoms with Gasteiger partial charge in [-0.15, -0.1) is 11.3 Å². The van der Waals surface area contributed by atoms with Gasteiger partial charge in [-0.1, -0.05) is 12.1 Å². The lowest BCUT2D eigenvalue weighted by Gasteiger charge is -2.10. The van der Waals surface area contributed by atoms with E-state index in [-0.39, 0.29) is 17.4 Å². The fourth-order valence-corrected chi connectivity index (χ4v) is 4.26. The number of methoxy groups -OCH3 is 1. The van der Waals surface area contributed by atoms with E-state index in [9.17, 15) is 13.6 Å². The van der Waals surface area contributed by atoms with Gasteiger partial charge in [0.15, 0.2) is 11.5 Å². The average Bonchev–Trinajstić information content (AvgIpc) is 3.21. The van der Waals surface area contributed by atoms with E-state index < -0.39 is 6.61 Å². The van der Waals surface area contributed by atoms with Gasteiger partial charge in [0.2, 0.25) is 5.91 Å². The summed E-state index contributed by atoms with van der Waals surface area (Å²) in [5.41, 5.74) is 4.38. The molecule has 0 unspecified atom stereocenters. The van der Waals surface area contributed by atoms with Gasteiger partial charge >= 0.3 is 6.61 Å². The Kier molecular flexibility index (Phi) is 6.65. The second kappa shape index (κ2) is 9.79. The largest absolute Gasteiger partial charge is 0.493 e. The van der Waals surface area contributed by atoms with E-state index in [1.807, 2.05) is 36.4 Å². The highest BCUT2D eigenvalue weighted by Gasteiger charge is 2.11. The van der Waals surface area contributed by atoms with Crippen LogP contribution in [0.2, 0.25) is 0 Å². The van der Waals surface area contributed by atoms with E-state index in [4.69, 9.17) is 4.74 Å². The van der Waals surface area contributed by atoms with Crippen molar-refractivity contribution in [1.29, 1.82) is 0 Å². The van der Waals surface area contributed by atoms with E-state index in [0.29, 0.717) is 11.3 Å². The fraction of sp³-hybridized carbons (Fsp3) is 0.120. The van der Waals surface area contributed by atoms with Gasteiger partial charge in [-0.3, -0.25) is 4.79 Å². The van der Waals surface area contributed by atoms with Crippen LogP contribution in [0.5, 0.6) is 11.5 Å². The third kappa shape index (κ3) is 5.53. The number of aromatic nitrogens is 1. The number of ether oxygens (including phenoxy) is 2. The lowest BCUT2D eigenvalue weighted by Crippen LogP contribution is -2.07. The van der Waals surface area contributed by atoms with Crippen LogP contribution in [0.1, 0.15) is 11.1 Å². The molecule has 4 rings (SSSR count). The molecule has 0 fully saturated rings. The number of carbonyl (C=O) groups excluding carboxylic acids is 1. The molecule has 0 aliphatic rings. The van der Waals surface area contributed by atoms with Gasteiger partial charge in [0, 0.05) is 17.3 Å². The Labute approximate surface area is 193 Å². The molecule has 1 N–H and O–H groups in total. The third-order valence-electron chi connectivity index (χ3n) is 4.77. The van der Waals surface area contributed by atoms with Crippen LogP contribution >= 0.6 is 11.3 Å². The molecule has 0 bridgehead atoms. The maximum Gasteiger partial charge on any atom is 0.387 e. The molecular formula is C25H20F2N2O3S. The van der Waals surface area contributed by atoms with Crippen LogP contribution < -0.4 is 14.8 Å². The SMILES string of the molecule is COc1cc(C=CC(=O)Nc2ccc(-c3nc4ccc(C)cc4s3)cc2)ccc1OC(F)F. The zero-order chi connectivity index (χ0) is 23.4. The summed E-state index contributed by atoms with van der Waals surface area (Å²) in [5, 5.41) is 3.71. The van der Waals surface area contributed by atoms with Crippen LogP contribution in [0.15, 0.2) is 66.7 Å². The number of rotatable bonds is 7. The van der Waals surface area contributed by atoms with Gasteiger partial charge in [0.25, 0.3) is 0 Å². The first kappa shape index (κ1) is 22.4. The molecule has 1 aromatic heterocycles. The van der Waals surface area contributed by atoms with Crippen molar-refractivity contribution >= 4 is 39.2 Å². The third-order valence-corrected chi connectivity index (χ3v) is 5.84. The van der Waals surface area contributed by atoms with Crippen molar-refractivity contribution in [2.24, 2.45) is 0 Å². The maximum atomic E-state index is 12.4. The molecule has 0 saturated carbocycles. The molecule has 33 heavy (non-hydrogen) atoms. The molecule has 1 amide bonds. The molecule has 168 valence electrons. The Morgan fingerprint density at radius 3 is 2.58 bits per heavy atom. The summed E-state index contributed by atoms with van der Waals surface area (Å²) >= 11 is 1.63. The number of nitrogens with one attached hydrogen (secondary N) is 1. The summed E-state index contributed by atoms with van der Waals surface area (Å²) in [5.74, 6) is -0.249. The summed E-state index contributed by atoms with van der Waals surface area (Å²) in [6.45, 7) is -0.894. The van der Waals surface area contributed by atoms with E-state index in [2.05, 4.69) is 28.0 Å². The second-order valence-electron chi connectivity index (χ2n) is 7.18. The Hall–Kier alpha value is -3.78. The molecule has 0 spiro atoms. The van der Waals surface area contributed by atoms with Gasteiger partial charge in [-0.25, -0.2) is 4.98 Å². The average molecular weight is 467 g/mol. The van der Waals surface area contributed by atoms with Gasteiger partial charge in [-0.2, -0.15) is 8.78 Å². The van der Waals surface area contributed by atoms with Crippen molar-refractivity contribution in [3.8, 4) is 22.1 Å². The molecule has 4 aromatic rings. The molecule has 0 saturated heterocycles. The molecule has 3 aromatic carbocycles. The quantitative estimate of drug-likeness (QED) is 0.315. The smallest absolute Gasteiger partial charge is 0.387 e. The number of halogens is 2. The number of alkyl halides is 2. The van der Waals surface area contributed by atoms with Gasteiger partial charge in [0.1, 0.15) is 5.01 Å². The highest BCUT2D eigenvalue weighted by molar-refractivity contribution is 7.21. The molecule has 0 atom stereocenters. The van der Waals surface area contributed by atoms with Crippen molar-refractivity contribution in [2.45, 2.75) is 13.5 Å². The second-order valence-corrected chi connectivity index (χ2v) is 8.21. The van der Waals surface area contributed by atoms with Gasteiger partial charge < -0.3 is 14.8 Å². The number of hydrogen-bond donors (Lipinski definition) is 1. The first-order valence-electron chi connectivity index (χ1n) is 10.0. The van der Waals surface area contributed by atoms with Crippen LogP contribution in [0, 0.1) is 6.92 Å². The minimum absolute atomic E-state index is 0.0718. The first-order chi connectivity index (χ1) is 15.9. The lowest BCUT2D eigenvalue weighted by atomic mass is 10.2. The Morgan fingerprint density at radius 2 is 1.85 bits per heavy atom. The molecule has 0 radical (unpaired) electrons. The van der Waals surface area contributed by atoms with Crippen molar-refractivity contribution in [2.75, 3.05) is 12.4 Å². The van der Waals surface area contributed by atoms with E-state index >= 15 is 0 Å². The monoisotopic (exact) mass is 466 g/mol. The Bertz CT molecular complexity index is 1320. The Balaban J connectivity index is 1.41. The number of amides is 1. The van der Waals surface area contributed by atoms with Crippen LogP contribution in [-0.2, 0) is 4.79 Å². The number of hydrogen-bond acceptors (Lipinski definition) is 5. The fourth-order valence-electron chi connectivity index (χ4n) is 3.19. The van der Waals surface area contributed by atoms with Crippen molar-refractivity contribution in [3.05, 3.63) is 77.9 Å². The van der Waals surface area contributed by atoms with Gasteiger partial charge in [0.05, 0.1) is 17.3 Å². The molecule has 8 heteroatoms. The summed E-state index contributed by atoms with van der Waals surface area (Å²) < 4.78 is 35.5. The lowest BCUT2D eigenvalue weighted by molar-refractivity contribution is -0.111. The topological polar surface area (TPSA) is 60.5 Å². The van der Waals surface area contributed by atoms with Crippen LogP contribution in [0.25, 0.3) is 26.9 Å². The van der Waals surface area contributed by atoms with Crippen LogP contribution in [-0.4, -0.2) is 24.6 Å². The minimum atomic E-state index is -2.95. The number of nitrogens with zero attached hydrogens (tertiary/aromatic N) is 1. The van der Waals surface area contributed by atoms with Crippen LogP contribution in [0.4, 0.5) is 14.5 Å². The van der Waals surface area contributed by atoms with Crippen molar-refractivity contribution < 1.29 is 23.0 Å². The summed E-state index contributed by atoms with van der Waals surface area (Å²) in [4.78, 5) is 17.0. The standard InChI is InChI=1S/C25H20F2N2O3S/c1-15-3-10-19-22(13-15)33-24(29-19)17-6-8-18(9-7-17)28-23(30)12-5-16-4-11-20(32-25(26)27)21(14-16)31-2/h3-14,25H,1-2H3,(H,28,30). The first-order valence-corrected chi connectivity index (χ1v) is 10.8. The van der Waals surface area contributed by atoms with Crippen molar-refractivity contribution in [1.82, 2.24) is 4.98 Å². The van der Waals surface area contributed by atoms with E-state index in [0.717, 1.165) is 20.8 Å². The van der Waals surface area contributed by atoms with E-state index in [1.54, 1.807) is 23.5 Å². The Morgan fingerprint density at radius 1 is 1.06 bits per heavy atom. The van der Waals surface area contributed by atoms with E-state index in [1.165, 1.54) is 30.9 Å². The molecular weight excluding hydrogens is 446 g/mol. The predicted octanol–water partition coefficient (Wildman–Crippen LogP) is 6.53. The number of benzene rings is 3. The predicted molar refractivity (Wildman–Crippen MR) is 127 cm³/mol. The number of fused-ring (bicyclic) bond motifs is 1. The minimum Gasteiger partial charge on any atom is -0.493 e. The summed E-state index contributed by atoms with van der Waals surface area (Å²) in [7, 11) is 1.35. The van der Waals surface area contributed by atoms with Gasteiger partial charge in [-0.05, 0) is 72.7 Å². The zero-order valence-corrected chi connectivity index (χ0v) is 18.7. The molecule has 0 aliphatic heterocycles. The number of thiazole rings is 1. The normalized spacial score (nSPS) is 11.3. The van der Waals surface area contributed by atoms with Crippen LogP contribution in [0.3, 0.4) is 0 Å². The summed E-state index contributed by atoms with van der Waals surface area (Å²) in [6, 6.07) is 18.1. The maximum absolute atomic E-state index is 12.4. The van der Waals surface area contributed by atoms with Crippen molar-refractivity contribution in [3.63, 3.8) is 0 Å². The number of anilines is 1. The summed E-state index contributed by atoms with van der Waals surface area (Å²) in [6.07, 6.45) is 2.91. The highest BCUT2D eigenvalue weighted by atomic mass is 32.1. The molecule has 1 heterocycles. The molecule has 0 aliphatic carbocycles.